The number of nitrogens with one attached hydrogen (secondary N) is 1. The van der Waals surface area contributed by atoms with Gasteiger partial charge in [0.1, 0.15) is 18.1 Å². The Morgan fingerprint density at radius 1 is 1.29 bits per heavy atom. The lowest BCUT2D eigenvalue weighted by molar-refractivity contribution is -0.138. The first-order chi connectivity index (χ1) is 10.1. The van der Waals surface area contributed by atoms with Crippen LogP contribution in [0.5, 0.6) is 0 Å². The topological polar surface area (TPSA) is 92.3 Å². The van der Waals surface area contributed by atoms with Gasteiger partial charge < -0.3 is 4.90 Å². The van der Waals surface area contributed by atoms with E-state index < -0.39 is 23.8 Å². The van der Waals surface area contributed by atoms with Gasteiger partial charge in [0.25, 0.3) is 5.91 Å². The van der Waals surface area contributed by atoms with Gasteiger partial charge in [-0.1, -0.05) is 6.07 Å². The number of carbonyl (C=O) groups is 3. The predicted molar refractivity (Wildman–Crippen MR) is 73.2 cm³/mol. The number of hydrogen-bond acceptors (Lipinski definition) is 5. The maximum absolute atomic E-state index is 12.6. The fraction of sp³-hybridized carbons (Fsp3) is 0.214. The highest BCUT2D eigenvalue weighted by molar-refractivity contribution is 6.10. The molecule has 2 aromatic rings. The zero-order chi connectivity index (χ0) is 15.0. The van der Waals surface area contributed by atoms with Gasteiger partial charge in [-0.2, -0.15) is 0 Å². The van der Waals surface area contributed by atoms with Crippen molar-refractivity contribution >= 4 is 28.8 Å². The summed E-state index contributed by atoms with van der Waals surface area (Å²) in [6.07, 6.45) is 3.04. The standard InChI is InChI=1S/C14H12N4O3/c1-8-13(20)17-11(19)7-18(8)14(21)9-3-2-4-10-12(9)16-6-5-15-10/h2-6,8H,7H2,1H3,(H,17,19,20). The zero-order valence-corrected chi connectivity index (χ0v) is 11.2. The number of imide groups is 1. The van der Waals surface area contributed by atoms with E-state index in [-0.39, 0.29) is 6.54 Å². The number of amides is 3. The van der Waals surface area contributed by atoms with Crippen molar-refractivity contribution in [3.63, 3.8) is 0 Å². The molecule has 106 valence electrons. The number of hydrogen-bond donors (Lipinski definition) is 1. The molecule has 0 spiro atoms. The van der Waals surface area contributed by atoms with Gasteiger partial charge in [0.15, 0.2) is 0 Å². The normalized spacial score (nSPS) is 18.7. The number of piperazine rings is 1. The van der Waals surface area contributed by atoms with Crippen LogP contribution in [0.1, 0.15) is 17.3 Å². The largest absolute Gasteiger partial charge is 0.317 e. The van der Waals surface area contributed by atoms with Crippen molar-refractivity contribution in [2.45, 2.75) is 13.0 Å². The van der Waals surface area contributed by atoms with Crippen molar-refractivity contribution in [3.8, 4) is 0 Å². The van der Waals surface area contributed by atoms with Crippen molar-refractivity contribution in [2.24, 2.45) is 0 Å². The zero-order valence-electron chi connectivity index (χ0n) is 11.2. The molecule has 1 aliphatic heterocycles. The van der Waals surface area contributed by atoms with E-state index in [1.54, 1.807) is 25.1 Å². The van der Waals surface area contributed by atoms with E-state index in [9.17, 15) is 14.4 Å². The molecule has 0 bridgehead atoms. The lowest BCUT2D eigenvalue weighted by Crippen LogP contribution is -2.58. The van der Waals surface area contributed by atoms with Crippen LogP contribution in [0.25, 0.3) is 11.0 Å². The summed E-state index contributed by atoms with van der Waals surface area (Å²) in [6.45, 7) is 1.43. The summed E-state index contributed by atoms with van der Waals surface area (Å²) in [4.78, 5) is 45.3. The van der Waals surface area contributed by atoms with Crippen molar-refractivity contribution in [1.29, 1.82) is 0 Å². The predicted octanol–water partition coefficient (Wildman–Crippen LogP) is 0.117. The van der Waals surface area contributed by atoms with E-state index in [1.807, 2.05) is 0 Å². The monoisotopic (exact) mass is 284 g/mol. The van der Waals surface area contributed by atoms with Crippen LogP contribution >= 0.6 is 0 Å². The van der Waals surface area contributed by atoms with Gasteiger partial charge in [-0.3, -0.25) is 29.7 Å². The first-order valence-corrected chi connectivity index (χ1v) is 6.42. The average Bonchev–Trinajstić information content (AvgIpc) is 2.49. The number of benzene rings is 1. The second-order valence-electron chi connectivity index (χ2n) is 4.75. The number of nitrogens with zero attached hydrogens (tertiary/aromatic N) is 3. The highest BCUT2D eigenvalue weighted by Crippen LogP contribution is 2.18. The first kappa shape index (κ1) is 13.2. The molecule has 1 aliphatic rings. The van der Waals surface area contributed by atoms with Crippen LogP contribution in [-0.4, -0.2) is 45.2 Å². The molecular formula is C14H12N4O3. The highest BCUT2D eigenvalue weighted by atomic mass is 16.2. The van der Waals surface area contributed by atoms with Gasteiger partial charge in [0.05, 0.1) is 11.1 Å². The minimum absolute atomic E-state index is 0.150. The van der Waals surface area contributed by atoms with Gasteiger partial charge in [0, 0.05) is 12.4 Å². The Morgan fingerprint density at radius 3 is 2.86 bits per heavy atom. The highest BCUT2D eigenvalue weighted by Gasteiger charge is 2.34. The van der Waals surface area contributed by atoms with Crippen LogP contribution in [0.4, 0.5) is 0 Å². The van der Waals surface area contributed by atoms with Crippen LogP contribution in [0, 0.1) is 0 Å². The maximum Gasteiger partial charge on any atom is 0.257 e. The molecule has 3 amide bonds. The molecule has 3 rings (SSSR count). The Labute approximate surface area is 120 Å². The quantitative estimate of drug-likeness (QED) is 0.751. The molecule has 1 saturated heterocycles. The molecule has 21 heavy (non-hydrogen) atoms. The van der Waals surface area contributed by atoms with Crippen molar-refractivity contribution in [2.75, 3.05) is 6.54 Å². The summed E-state index contributed by atoms with van der Waals surface area (Å²) in [5, 5.41) is 2.20. The van der Waals surface area contributed by atoms with E-state index in [1.165, 1.54) is 17.3 Å². The van der Waals surface area contributed by atoms with Crippen LogP contribution in [0.3, 0.4) is 0 Å². The lowest BCUT2D eigenvalue weighted by Gasteiger charge is -2.31. The minimum Gasteiger partial charge on any atom is -0.317 e. The summed E-state index contributed by atoms with van der Waals surface area (Å²) in [5.74, 6) is -1.37. The van der Waals surface area contributed by atoms with E-state index in [0.29, 0.717) is 16.6 Å². The molecule has 0 saturated carbocycles. The van der Waals surface area contributed by atoms with Crippen LogP contribution in [0.2, 0.25) is 0 Å². The van der Waals surface area contributed by atoms with Crippen LogP contribution < -0.4 is 5.32 Å². The van der Waals surface area contributed by atoms with Crippen molar-refractivity contribution in [3.05, 3.63) is 36.2 Å². The first-order valence-electron chi connectivity index (χ1n) is 6.42. The minimum atomic E-state index is -0.706. The van der Waals surface area contributed by atoms with E-state index in [4.69, 9.17) is 0 Å². The molecule has 1 atom stereocenters. The third-order valence-corrected chi connectivity index (χ3v) is 3.41. The maximum atomic E-state index is 12.6. The van der Waals surface area contributed by atoms with Crippen LogP contribution in [0.15, 0.2) is 30.6 Å². The van der Waals surface area contributed by atoms with Gasteiger partial charge >= 0.3 is 0 Å². The van der Waals surface area contributed by atoms with E-state index in [2.05, 4.69) is 15.3 Å². The van der Waals surface area contributed by atoms with Gasteiger partial charge in [0.2, 0.25) is 11.8 Å². The number of para-hydroxylation sites is 1. The van der Waals surface area contributed by atoms with Crippen LogP contribution in [-0.2, 0) is 9.59 Å². The third kappa shape index (κ3) is 2.22. The second-order valence-corrected chi connectivity index (χ2v) is 4.75. The van der Waals surface area contributed by atoms with Gasteiger partial charge in [-0.25, -0.2) is 0 Å². The molecule has 1 unspecified atom stereocenters. The number of rotatable bonds is 1. The summed E-state index contributed by atoms with van der Waals surface area (Å²) in [5.41, 5.74) is 1.37. The average molecular weight is 284 g/mol. The molecule has 1 N–H and O–H groups in total. The molecule has 1 aromatic heterocycles. The fourth-order valence-corrected chi connectivity index (χ4v) is 2.28. The van der Waals surface area contributed by atoms with E-state index in [0.717, 1.165) is 0 Å². The molecule has 0 radical (unpaired) electrons. The SMILES string of the molecule is CC1C(=O)NC(=O)CN1C(=O)c1cccc2nccnc12. The fourth-order valence-electron chi connectivity index (χ4n) is 2.28. The Bertz CT molecular complexity index is 753. The number of aromatic nitrogens is 2. The molecule has 7 heteroatoms. The van der Waals surface area contributed by atoms with Gasteiger partial charge in [-0.05, 0) is 19.1 Å². The summed E-state index contributed by atoms with van der Waals surface area (Å²) >= 11 is 0. The second kappa shape index (κ2) is 4.93. The Hall–Kier alpha value is -2.83. The van der Waals surface area contributed by atoms with Crippen molar-refractivity contribution < 1.29 is 14.4 Å². The smallest absolute Gasteiger partial charge is 0.257 e. The number of fused-ring (bicyclic) bond motifs is 1. The van der Waals surface area contributed by atoms with E-state index >= 15 is 0 Å². The van der Waals surface area contributed by atoms with Gasteiger partial charge in [-0.15, -0.1) is 0 Å². The molecule has 2 heterocycles. The Balaban J connectivity index is 2.04. The molecule has 7 nitrogen and oxygen atoms in total. The summed E-state index contributed by atoms with van der Waals surface area (Å²) < 4.78 is 0. The summed E-state index contributed by atoms with van der Waals surface area (Å²) in [7, 11) is 0. The Morgan fingerprint density at radius 2 is 2.05 bits per heavy atom. The Kier molecular flexibility index (Phi) is 3.09. The summed E-state index contributed by atoms with van der Waals surface area (Å²) in [6, 6.07) is 4.35. The molecular weight excluding hydrogens is 272 g/mol. The molecule has 0 aliphatic carbocycles. The third-order valence-electron chi connectivity index (χ3n) is 3.41. The molecule has 1 aromatic carbocycles. The molecule has 1 fully saturated rings. The lowest BCUT2D eigenvalue weighted by atomic mass is 10.1. The van der Waals surface area contributed by atoms with Crippen molar-refractivity contribution in [1.82, 2.24) is 20.2 Å². The number of carbonyl (C=O) groups excluding carboxylic acids is 3.